The second-order valence-corrected chi connectivity index (χ2v) is 5.37. The summed E-state index contributed by atoms with van der Waals surface area (Å²) in [6.45, 7) is 1.74. The Morgan fingerprint density at radius 1 is 1.38 bits per heavy atom. The molecule has 0 radical (unpaired) electrons. The largest absolute Gasteiger partial charge is 0.381 e. The van der Waals surface area contributed by atoms with Crippen molar-refractivity contribution in [1.29, 1.82) is 0 Å². The van der Waals surface area contributed by atoms with Gasteiger partial charge in [-0.3, -0.25) is 0 Å². The Hall–Kier alpha value is -0.380. The Bertz CT molecular complexity index is 348. The van der Waals surface area contributed by atoms with E-state index in [4.69, 9.17) is 4.74 Å². The molecule has 0 aliphatic carbocycles. The van der Waals surface area contributed by atoms with E-state index in [1.807, 2.05) is 0 Å². The van der Waals surface area contributed by atoms with Gasteiger partial charge in [0.15, 0.2) is 0 Å². The van der Waals surface area contributed by atoms with Crippen molar-refractivity contribution in [2.75, 3.05) is 20.3 Å². The van der Waals surface area contributed by atoms with Crippen LogP contribution >= 0.6 is 15.9 Å². The summed E-state index contributed by atoms with van der Waals surface area (Å²) in [5, 5.41) is 3.49. The standard InChI is InChI=1S/C13H18BrNO/c1-15-13(5-7-16-8-6-13)10-11-3-2-4-12(14)9-11/h2-4,9,15H,5-8,10H2,1H3. The van der Waals surface area contributed by atoms with Crippen molar-refractivity contribution in [2.45, 2.75) is 24.8 Å². The van der Waals surface area contributed by atoms with E-state index in [1.54, 1.807) is 0 Å². The van der Waals surface area contributed by atoms with Gasteiger partial charge in [0.1, 0.15) is 0 Å². The molecule has 1 aromatic rings. The molecular formula is C13H18BrNO. The highest BCUT2D eigenvalue weighted by atomic mass is 79.9. The van der Waals surface area contributed by atoms with E-state index in [1.165, 1.54) is 5.56 Å². The van der Waals surface area contributed by atoms with E-state index >= 15 is 0 Å². The van der Waals surface area contributed by atoms with Gasteiger partial charge in [-0.25, -0.2) is 0 Å². The fourth-order valence-corrected chi connectivity index (χ4v) is 2.76. The molecule has 0 aromatic heterocycles. The van der Waals surface area contributed by atoms with E-state index in [2.05, 4.69) is 52.6 Å². The summed E-state index contributed by atoms with van der Waals surface area (Å²) < 4.78 is 6.59. The third-order valence-electron chi connectivity index (χ3n) is 3.41. The molecule has 0 atom stereocenters. The molecule has 1 aliphatic rings. The minimum absolute atomic E-state index is 0.221. The number of rotatable bonds is 3. The van der Waals surface area contributed by atoms with Gasteiger partial charge >= 0.3 is 0 Å². The lowest BCUT2D eigenvalue weighted by Gasteiger charge is -2.37. The van der Waals surface area contributed by atoms with Crippen molar-refractivity contribution in [3.63, 3.8) is 0 Å². The molecule has 2 nitrogen and oxygen atoms in total. The predicted octanol–water partition coefficient (Wildman–Crippen LogP) is 2.76. The maximum atomic E-state index is 5.44. The molecule has 1 fully saturated rings. The Morgan fingerprint density at radius 2 is 2.12 bits per heavy atom. The zero-order valence-electron chi connectivity index (χ0n) is 9.63. The summed E-state index contributed by atoms with van der Waals surface area (Å²) >= 11 is 3.52. The summed E-state index contributed by atoms with van der Waals surface area (Å²) in [7, 11) is 2.06. The Labute approximate surface area is 106 Å². The maximum absolute atomic E-state index is 5.44. The lowest BCUT2D eigenvalue weighted by molar-refractivity contribution is 0.0413. The van der Waals surface area contributed by atoms with Crippen LogP contribution in [0.3, 0.4) is 0 Å². The Kier molecular flexibility index (Phi) is 4.00. The number of halogens is 1. The molecule has 1 saturated heterocycles. The van der Waals surface area contributed by atoms with E-state index in [0.29, 0.717) is 0 Å². The monoisotopic (exact) mass is 283 g/mol. The van der Waals surface area contributed by atoms with Gasteiger partial charge < -0.3 is 10.1 Å². The van der Waals surface area contributed by atoms with Crippen molar-refractivity contribution >= 4 is 15.9 Å². The molecule has 16 heavy (non-hydrogen) atoms. The fraction of sp³-hybridized carbons (Fsp3) is 0.538. The van der Waals surface area contributed by atoms with Crippen molar-refractivity contribution in [3.05, 3.63) is 34.3 Å². The molecule has 1 aliphatic heterocycles. The summed E-state index contributed by atoms with van der Waals surface area (Å²) in [5.74, 6) is 0. The van der Waals surface area contributed by atoms with E-state index < -0.39 is 0 Å². The van der Waals surface area contributed by atoms with Crippen LogP contribution < -0.4 is 5.32 Å². The van der Waals surface area contributed by atoms with Crippen LogP contribution in [0.4, 0.5) is 0 Å². The summed E-state index contributed by atoms with van der Waals surface area (Å²) in [5.41, 5.74) is 1.60. The zero-order valence-corrected chi connectivity index (χ0v) is 11.2. The number of likely N-dealkylation sites (N-methyl/N-ethyl adjacent to an activating group) is 1. The Balaban J connectivity index is 2.11. The van der Waals surface area contributed by atoms with Gasteiger partial charge in [0.25, 0.3) is 0 Å². The minimum Gasteiger partial charge on any atom is -0.381 e. The quantitative estimate of drug-likeness (QED) is 0.921. The third kappa shape index (κ3) is 2.84. The normalized spacial score (nSPS) is 19.6. The highest BCUT2D eigenvalue weighted by molar-refractivity contribution is 9.10. The second kappa shape index (κ2) is 5.30. The molecule has 0 amide bonds. The Morgan fingerprint density at radius 3 is 2.75 bits per heavy atom. The van der Waals surface area contributed by atoms with Crippen LogP contribution in [0.15, 0.2) is 28.7 Å². The van der Waals surface area contributed by atoms with Gasteiger partial charge in [-0.15, -0.1) is 0 Å². The van der Waals surface area contributed by atoms with E-state index in [-0.39, 0.29) is 5.54 Å². The van der Waals surface area contributed by atoms with Crippen LogP contribution in [0.25, 0.3) is 0 Å². The highest BCUT2D eigenvalue weighted by Gasteiger charge is 2.30. The van der Waals surface area contributed by atoms with Crippen molar-refractivity contribution in [2.24, 2.45) is 0 Å². The van der Waals surface area contributed by atoms with Crippen molar-refractivity contribution in [1.82, 2.24) is 5.32 Å². The molecule has 0 spiro atoms. The first-order chi connectivity index (χ1) is 7.74. The van der Waals surface area contributed by atoms with E-state index in [9.17, 15) is 0 Å². The average Bonchev–Trinajstić information content (AvgIpc) is 2.30. The smallest absolute Gasteiger partial charge is 0.0483 e. The van der Waals surface area contributed by atoms with Crippen LogP contribution in [-0.4, -0.2) is 25.8 Å². The predicted molar refractivity (Wildman–Crippen MR) is 69.7 cm³/mol. The molecule has 0 saturated carbocycles. The molecule has 88 valence electrons. The lowest BCUT2D eigenvalue weighted by Crippen LogP contribution is -2.49. The summed E-state index contributed by atoms with van der Waals surface area (Å²) in [4.78, 5) is 0. The molecular weight excluding hydrogens is 266 g/mol. The minimum atomic E-state index is 0.221. The number of nitrogens with one attached hydrogen (secondary N) is 1. The van der Waals surface area contributed by atoms with Crippen molar-refractivity contribution < 1.29 is 4.74 Å². The number of hydrogen-bond acceptors (Lipinski definition) is 2. The van der Waals surface area contributed by atoms with Crippen LogP contribution in [0.2, 0.25) is 0 Å². The van der Waals surface area contributed by atoms with Crippen LogP contribution in [0.5, 0.6) is 0 Å². The molecule has 0 bridgehead atoms. The number of hydrogen-bond donors (Lipinski definition) is 1. The SMILES string of the molecule is CNC1(Cc2cccc(Br)c2)CCOCC1. The summed E-state index contributed by atoms with van der Waals surface area (Å²) in [6.07, 6.45) is 3.26. The topological polar surface area (TPSA) is 21.3 Å². The van der Waals surface area contributed by atoms with Crippen LogP contribution in [-0.2, 0) is 11.2 Å². The average molecular weight is 284 g/mol. The van der Waals surface area contributed by atoms with Gasteiger partial charge in [0.2, 0.25) is 0 Å². The second-order valence-electron chi connectivity index (χ2n) is 4.45. The maximum Gasteiger partial charge on any atom is 0.0483 e. The highest BCUT2D eigenvalue weighted by Crippen LogP contribution is 2.26. The molecule has 3 heteroatoms. The van der Waals surface area contributed by atoms with Gasteiger partial charge in [0, 0.05) is 23.2 Å². The van der Waals surface area contributed by atoms with Crippen LogP contribution in [0.1, 0.15) is 18.4 Å². The zero-order chi connectivity index (χ0) is 11.4. The van der Waals surface area contributed by atoms with Gasteiger partial charge in [-0.2, -0.15) is 0 Å². The lowest BCUT2D eigenvalue weighted by atomic mass is 9.84. The first-order valence-corrected chi connectivity index (χ1v) is 6.54. The fourth-order valence-electron chi connectivity index (χ4n) is 2.31. The number of ether oxygens (including phenoxy) is 1. The van der Waals surface area contributed by atoms with Crippen LogP contribution in [0, 0.1) is 0 Å². The van der Waals surface area contributed by atoms with E-state index in [0.717, 1.165) is 36.9 Å². The number of benzene rings is 1. The molecule has 0 unspecified atom stereocenters. The first kappa shape index (κ1) is 12.1. The molecule has 1 aromatic carbocycles. The van der Waals surface area contributed by atoms with Gasteiger partial charge in [0.05, 0.1) is 0 Å². The molecule has 1 heterocycles. The molecule has 2 rings (SSSR count). The first-order valence-electron chi connectivity index (χ1n) is 5.75. The van der Waals surface area contributed by atoms with Gasteiger partial charge in [-0.05, 0) is 44.0 Å². The summed E-state index contributed by atoms with van der Waals surface area (Å²) in [6, 6.07) is 8.56. The van der Waals surface area contributed by atoms with Crippen molar-refractivity contribution in [3.8, 4) is 0 Å². The van der Waals surface area contributed by atoms with Gasteiger partial charge in [-0.1, -0.05) is 28.1 Å². The third-order valence-corrected chi connectivity index (χ3v) is 3.91. The molecule has 1 N–H and O–H groups in total.